The standard InChI is InChI=1S/C27H31N5OS/c1-18-23-9-8-22(32-10-12-33-13-11-32)15-25(23)27(31-30-18)29-19(2)26-14-21(17-34-26)24-7-5-4-6-20(24)16-28-3/h4-9,14-15,17,19,28H,10-13,16H2,1-3H3,(H,29,31)/t19-/m1/s1. The van der Waals surface area contributed by atoms with Crippen molar-refractivity contribution in [1.82, 2.24) is 15.5 Å². The van der Waals surface area contributed by atoms with E-state index in [-0.39, 0.29) is 6.04 Å². The van der Waals surface area contributed by atoms with Gasteiger partial charge in [-0.15, -0.1) is 16.4 Å². The van der Waals surface area contributed by atoms with Gasteiger partial charge < -0.3 is 20.3 Å². The normalized spacial score (nSPS) is 15.0. The minimum Gasteiger partial charge on any atom is -0.378 e. The molecule has 0 bridgehead atoms. The van der Waals surface area contributed by atoms with Gasteiger partial charge in [0.2, 0.25) is 0 Å². The van der Waals surface area contributed by atoms with E-state index in [0.717, 1.165) is 55.1 Å². The van der Waals surface area contributed by atoms with Crippen LogP contribution in [0.3, 0.4) is 0 Å². The second kappa shape index (κ2) is 10.1. The molecule has 1 atom stereocenters. The van der Waals surface area contributed by atoms with Crippen LogP contribution in [0.25, 0.3) is 21.9 Å². The Balaban J connectivity index is 1.43. The lowest BCUT2D eigenvalue weighted by atomic mass is 10.0. The lowest BCUT2D eigenvalue weighted by Gasteiger charge is -2.29. The first-order valence-electron chi connectivity index (χ1n) is 11.8. The Bertz CT molecular complexity index is 1280. The van der Waals surface area contributed by atoms with Crippen LogP contribution >= 0.6 is 11.3 Å². The molecule has 1 saturated heterocycles. The van der Waals surface area contributed by atoms with Crippen molar-refractivity contribution in [3.05, 3.63) is 70.0 Å². The van der Waals surface area contributed by atoms with Crippen LogP contribution < -0.4 is 15.5 Å². The van der Waals surface area contributed by atoms with E-state index in [4.69, 9.17) is 4.74 Å². The maximum atomic E-state index is 5.53. The molecule has 0 amide bonds. The Labute approximate surface area is 205 Å². The van der Waals surface area contributed by atoms with E-state index in [1.54, 1.807) is 11.3 Å². The van der Waals surface area contributed by atoms with Crippen molar-refractivity contribution in [3.8, 4) is 11.1 Å². The fourth-order valence-electron chi connectivity index (χ4n) is 4.55. The fourth-order valence-corrected chi connectivity index (χ4v) is 5.46. The van der Waals surface area contributed by atoms with Gasteiger partial charge in [0.15, 0.2) is 5.82 Å². The summed E-state index contributed by atoms with van der Waals surface area (Å²) in [5, 5.41) is 20.4. The Morgan fingerprint density at radius 1 is 1.06 bits per heavy atom. The van der Waals surface area contributed by atoms with Crippen LogP contribution in [0.2, 0.25) is 0 Å². The summed E-state index contributed by atoms with van der Waals surface area (Å²) in [4.78, 5) is 3.65. The molecule has 0 unspecified atom stereocenters. The quantitative estimate of drug-likeness (QED) is 0.375. The molecular formula is C27H31N5OS. The number of hydrogen-bond donors (Lipinski definition) is 2. The largest absolute Gasteiger partial charge is 0.378 e. The number of morpholine rings is 1. The number of aryl methyl sites for hydroxylation is 1. The Kier molecular flexibility index (Phi) is 6.76. The molecular weight excluding hydrogens is 442 g/mol. The van der Waals surface area contributed by atoms with Crippen LogP contribution in [0.1, 0.15) is 29.1 Å². The van der Waals surface area contributed by atoms with Crippen LogP contribution in [-0.4, -0.2) is 43.5 Å². The molecule has 34 heavy (non-hydrogen) atoms. The summed E-state index contributed by atoms with van der Waals surface area (Å²) >= 11 is 1.78. The molecule has 6 nitrogen and oxygen atoms in total. The highest BCUT2D eigenvalue weighted by Gasteiger charge is 2.17. The van der Waals surface area contributed by atoms with Gasteiger partial charge in [0.25, 0.3) is 0 Å². The number of nitrogens with zero attached hydrogens (tertiary/aromatic N) is 3. The first kappa shape index (κ1) is 22.8. The van der Waals surface area contributed by atoms with Crippen molar-refractivity contribution in [3.63, 3.8) is 0 Å². The maximum absolute atomic E-state index is 5.53. The SMILES string of the molecule is CNCc1ccccc1-c1csc([C@@H](C)Nc2nnc(C)c3ccc(N4CCOCC4)cc23)c1. The van der Waals surface area contributed by atoms with Crippen LogP contribution in [0.5, 0.6) is 0 Å². The van der Waals surface area contributed by atoms with Crippen LogP contribution in [0, 0.1) is 6.92 Å². The van der Waals surface area contributed by atoms with Gasteiger partial charge in [-0.2, -0.15) is 5.10 Å². The number of benzene rings is 2. The van der Waals surface area contributed by atoms with Crippen molar-refractivity contribution in [2.45, 2.75) is 26.4 Å². The average Bonchev–Trinajstić information content (AvgIpc) is 3.37. The molecule has 1 fully saturated rings. The number of rotatable bonds is 7. The summed E-state index contributed by atoms with van der Waals surface area (Å²) in [6, 6.07) is 17.6. The third-order valence-electron chi connectivity index (χ3n) is 6.42. The van der Waals surface area contributed by atoms with Crippen LogP contribution in [0.4, 0.5) is 11.5 Å². The Hall–Kier alpha value is -3.00. The smallest absolute Gasteiger partial charge is 0.157 e. The lowest BCUT2D eigenvalue weighted by molar-refractivity contribution is 0.122. The number of ether oxygens (including phenoxy) is 1. The van der Waals surface area contributed by atoms with E-state index in [0.29, 0.717) is 0 Å². The second-order valence-corrected chi connectivity index (χ2v) is 9.70. The summed E-state index contributed by atoms with van der Waals surface area (Å²) in [6.07, 6.45) is 0. The summed E-state index contributed by atoms with van der Waals surface area (Å²) < 4.78 is 5.53. The first-order valence-corrected chi connectivity index (χ1v) is 12.7. The monoisotopic (exact) mass is 473 g/mol. The molecule has 0 aliphatic carbocycles. The predicted molar refractivity (Wildman–Crippen MR) is 142 cm³/mol. The van der Waals surface area contributed by atoms with Crippen LogP contribution in [-0.2, 0) is 11.3 Å². The van der Waals surface area contributed by atoms with E-state index >= 15 is 0 Å². The van der Waals surface area contributed by atoms with E-state index in [1.807, 2.05) is 14.0 Å². The van der Waals surface area contributed by atoms with E-state index in [2.05, 4.69) is 86.6 Å². The van der Waals surface area contributed by atoms with Crippen molar-refractivity contribution in [2.24, 2.45) is 0 Å². The molecule has 5 rings (SSSR count). The molecule has 0 radical (unpaired) electrons. The Morgan fingerprint density at radius 2 is 1.88 bits per heavy atom. The minimum absolute atomic E-state index is 0.113. The zero-order valence-electron chi connectivity index (χ0n) is 20.0. The van der Waals surface area contributed by atoms with Crippen LogP contribution in [0.15, 0.2) is 53.9 Å². The van der Waals surface area contributed by atoms with Crippen molar-refractivity contribution < 1.29 is 4.74 Å². The minimum atomic E-state index is 0.113. The molecule has 1 aliphatic heterocycles. The molecule has 0 spiro atoms. The molecule has 2 aromatic carbocycles. The average molecular weight is 474 g/mol. The van der Waals surface area contributed by atoms with Gasteiger partial charge in [0.1, 0.15) is 0 Å². The fraction of sp³-hybridized carbons (Fsp3) is 0.333. The van der Waals surface area contributed by atoms with Gasteiger partial charge >= 0.3 is 0 Å². The number of hydrogen-bond acceptors (Lipinski definition) is 7. The number of fused-ring (bicyclic) bond motifs is 1. The van der Waals surface area contributed by atoms with Gasteiger partial charge in [-0.3, -0.25) is 0 Å². The highest BCUT2D eigenvalue weighted by atomic mass is 32.1. The number of anilines is 2. The predicted octanol–water partition coefficient (Wildman–Crippen LogP) is 5.40. The summed E-state index contributed by atoms with van der Waals surface area (Å²) in [6.45, 7) is 8.42. The third kappa shape index (κ3) is 4.64. The topological polar surface area (TPSA) is 62.3 Å². The van der Waals surface area contributed by atoms with Crippen molar-refractivity contribution in [2.75, 3.05) is 43.6 Å². The number of thiophene rings is 1. The van der Waals surface area contributed by atoms with E-state index < -0.39 is 0 Å². The summed E-state index contributed by atoms with van der Waals surface area (Å²) in [5.74, 6) is 0.828. The molecule has 0 saturated carbocycles. The van der Waals surface area contributed by atoms with Gasteiger partial charge in [0.05, 0.1) is 24.9 Å². The zero-order chi connectivity index (χ0) is 23.5. The second-order valence-electron chi connectivity index (χ2n) is 8.75. The zero-order valence-corrected chi connectivity index (χ0v) is 20.8. The van der Waals surface area contributed by atoms with E-state index in [9.17, 15) is 0 Å². The molecule has 2 aromatic heterocycles. The van der Waals surface area contributed by atoms with Crippen molar-refractivity contribution in [1.29, 1.82) is 0 Å². The van der Waals surface area contributed by atoms with Crippen molar-refractivity contribution >= 4 is 33.6 Å². The number of aromatic nitrogens is 2. The first-order chi connectivity index (χ1) is 16.6. The van der Waals surface area contributed by atoms with Gasteiger partial charge in [-0.25, -0.2) is 0 Å². The Morgan fingerprint density at radius 3 is 2.71 bits per heavy atom. The molecule has 4 aromatic rings. The third-order valence-corrected chi connectivity index (χ3v) is 7.53. The van der Waals surface area contributed by atoms with Gasteiger partial charge in [-0.1, -0.05) is 30.3 Å². The number of nitrogens with one attached hydrogen (secondary N) is 2. The highest BCUT2D eigenvalue weighted by Crippen LogP contribution is 2.34. The van der Waals surface area contributed by atoms with Gasteiger partial charge in [-0.05, 0) is 61.2 Å². The molecule has 7 heteroatoms. The molecule has 3 heterocycles. The molecule has 1 aliphatic rings. The van der Waals surface area contributed by atoms with E-state index in [1.165, 1.54) is 27.3 Å². The summed E-state index contributed by atoms with van der Waals surface area (Å²) in [5.41, 5.74) is 6.00. The maximum Gasteiger partial charge on any atom is 0.157 e. The molecule has 2 N–H and O–H groups in total. The lowest BCUT2D eigenvalue weighted by Crippen LogP contribution is -2.36. The summed E-state index contributed by atoms with van der Waals surface area (Å²) in [7, 11) is 1.99. The highest BCUT2D eigenvalue weighted by molar-refractivity contribution is 7.10. The molecule has 176 valence electrons. The van der Waals surface area contributed by atoms with Gasteiger partial charge in [0, 0.05) is 41.0 Å².